The standard InChI is InChI=1S/C16H36N.B.FH/c1-5-9-13-17(14-10-6-2,15-11-7-3)16-12-8-4;;/h5-16H2,1-4H3;;1H/q+1;;/p-1. The lowest BCUT2D eigenvalue weighted by Gasteiger charge is -2.39. The Balaban J connectivity index is -0.00000128. The highest BCUT2D eigenvalue weighted by molar-refractivity contribution is 5.75. The molecule has 0 aromatic rings. The minimum atomic E-state index is 0. The van der Waals surface area contributed by atoms with Crippen LogP contribution in [0.2, 0.25) is 0 Å². The van der Waals surface area contributed by atoms with Gasteiger partial charge in [-0.25, -0.2) is 0 Å². The molecule has 0 aliphatic carbocycles. The zero-order chi connectivity index (χ0) is 13.0. The smallest absolute Gasteiger partial charge is 0.0786 e. The molecular formula is C16H36BFN. The van der Waals surface area contributed by atoms with Crippen LogP contribution in [0.3, 0.4) is 0 Å². The Morgan fingerprint density at radius 1 is 0.526 bits per heavy atom. The molecule has 0 spiro atoms. The van der Waals surface area contributed by atoms with Gasteiger partial charge in [-0.15, -0.1) is 0 Å². The third kappa shape index (κ3) is 11.5. The van der Waals surface area contributed by atoms with E-state index in [4.69, 9.17) is 0 Å². The van der Waals surface area contributed by atoms with Crippen molar-refractivity contribution >= 4 is 8.41 Å². The molecule has 1 nitrogen and oxygen atoms in total. The fraction of sp³-hybridized carbons (Fsp3) is 1.00. The van der Waals surface area contributed by atoms with Crippen molar-refractivity contribution in [2.45, 2.75) is 79.1 Å². The van der Waals surface area contributed by atoms with Gasteiger partial charge in [0.15, 0.2) is 0 Å². The van der Waals surface area contributed by atoms with E-state index < -0.39 is 0 Å². The van der Waals surface area contributed by atoms with Crippen LogP contribution in [0.25, 0.3) is 0 Å². The normalized spacial score (nSPS) is 10.7. The number of unbranched alkanes of at least 4 members (excludes halogenated alkanes) is 4. The molecule has 0 unspecified atom stereocenters. The van der Waals surface area contributed by atoms with Crippen LogP contribution in [0.15, 0.2) is 0 Å². The van der Waals surface area contributed by atoms with Crippen molar-refractivity contribution in [2.24, 2.45) is 0 Å². The monoisotopic (exact) mass is 272 g/mol. The van der Waals surface area contributed by atoms with Crippen LogP contribution in [0.1, 0.15) is 79.1 Å². The molecule has 0 fully saturated rings. The van der Waals surface area contributed by atoms with E-state index in [0.29, 0.717) is 0 Å². The molecule has 3 heteroatoms. The lowest BCUT2D eigenvalue weighted by Crippen LogP contribution is -3.00. The van der Waals surface area contributed by atoms with Gasteiger partial charge in [0.25, 0.3) is 0 Å². The summed E-state index contributed by atoms with van der Waals surface area (Å²) in [4.78, 5) is 0. The van der Waals surface area contributed by atoms with Crippen molar-refractivity contribution < 1.29 is 9.19 Å². The van der Waals surface area contributed by atoms with E-state index in [-0.39, 0.29) is 13.1 Å². The molecule has 0 aliphatic heterocycles. The third-order valence-electron chi connectivity index (χ3n) is 3.94. The van der Waals surface area contributed by atoms with Crippen molar-refractivity contribution in [2.75, 3.05) is 26.2 Å². The van der Waals surface area contributed by atoms with Gasteiger partial charge in [-0.1, -0.05) is 53.4 Å². The molecule has 0 saturated carbocycles. The fourth-order valence-corrected chi connectivity index (χ4v) is 2.64. The van der Waals surface area contributed by atoms with Crippen LogP contribution in [0, 0.1) is 0 Å². The summed E-state index contributed by atoms with van der Waals surface area (Å²) < 4.78 is 1.42. The summed E-state index contributed by atoms with van der Waals surface area (Å²) in [5.74, 6) is 0. The maximum absolute atomic E-state index is 2.33. The molecule has 0 heterocycles. The third-order valence-corrected chi connectivity index (χ3v) is 3.94. The molecule has 0 amide bonds. The SMILES string of the molecule is CCCC[N+](CCCC)(CCCC)CCCC.[B].[F-]. The van der Waals surface area contributed by atoms with E-state index in [1.807, 2.05) is 0 Å². The Kier molecular flexibility index (Phi) is 20.2. The van der Waals surface area contributed by atoms with Crippen LogP contribution >= 0.6 is 0 Å². The zero-order valence-corrected chi connectivity index (χ0v) is 13.9. The maximum atomic E-state index is 2.33. The predicted molar refractivity (Wildman–Crippen MR) is 85.1 cm³/mol. The minimum absolute atomic E-state index is 0. The van der Waals surface area contributed by atoms with E-state index in [1.165, 1.54) is 82.0 Å². The summed E-state index contributed by atoms with van der Waals surface area (Å²) >= 11 is 0. The highest BCUT2D eigenvalue weighted by Gasteiger charge is 2.24. The van der Waals surface area contributed by atoms with E-state index in [0.717, 1.165) is 0 Å². The van der Waals surface area contributed by atoms with Crippen LogP contribution in [-0.2, 0) is 0 Å². The van der Waals surface area contributed by atoms with Crippen LogP contribution in [0.5, 0.6) is 0 Å². The summed E-state index contributed by atoms with van der Waals surface area (Å²) in [6.45, 7) is 15.0. The van der Waals surface area contributed by atoms with Crippen molar-refractivity contribution in [1.29, 1.82) is 0 Å². The molecule has 3 radical (unpaired) electrons. The summed E-state index contributed by atoms with van der Waals surface area (Å²) in [7, 11) is 0. The van der Waals surface area contributed by atoms with Crippen molar-refractivity contribution in [1.82, 2.24) is 0 Å². The molecule has 115 valence electrons. The molecule has 0 N–H and O–H groups in total. The average molecular weight is 272 g/mol. The Labute approximate surface area is 123 Å². The lowest BCUT2D eigenvalue weighted by molar-refractivity contribution is -0.929. The van der Waals surface area contributed by atoms with Crippen molar-refractivity contribution in [3.63, 3.8) is 0 Å². The Hall–Kier alpha value is -0.0451. The highest BCUT2D eigenvalue weighted by atomic mass is 19.0. The van der Waals surface area contributed by atoms with Gasteiger partial charge in [-0.05, 0) is 25.7 Å². The van der Waals surface area contributed by atoms with Gasteiger partial charge in [0.1, 0.15) is 0 Å². The predicted octanol–water partition coefficient (Wildman–Crippen LogP) is 1.63. The molecular weight excluding hydrogens is 236 g/mol. The van der Waals surface area contributed by atoms with Gasteiger partial charge < -0.3 is 9.19 Å². The lowest BCUT2D eigenvalue weighted by atomic mass is 10.1. The Bertz CT molecular complexity index is 127. The number of rotatable bonds is 12. The van der Waals surface area contributed by atoms with E-state index in [2.05, 4.69) is 27.7 Å². The van der Waals surface area contributed by atoms with Crippen molar-refractivity contribution in [3.8, 4) is 0 Å². The van der Waals surface area contributed by atoms with Crippen molar-refractivity contribution in [3.05, 3.63) is 0 Å². The number of hydrogen-bond acceptors (Lipinski definition) is 0. The molecule has 0 saturated heterocycles. The second-order valence-electron chi connectivity index (χ2n) is 5.65. The Morgan fingerprint density at radius 2 is 0.737 bits per heavy atom. The summed E-state index contributed by atoms with van der Waals surface area (Å²) in [5.41, 5.74) is 0. The molecule has 19 heavy (non-hydrogen) atoms. The quantitative estimate of drug-likeness (QED) is 0.374. The van der Waals surface area contributed by atoms with Crippen LogP contribution in [0.4, 0.5) is 0 Å². The molecule has 0 aliphatic rings. The number of nitrogens with zero attached hydrogens (tertiary/aromatic N) is 1. The van der Waals surface area contributed by atoms with Crippen LogP contribution in [-0.4, -0.2) is 39.1 Å². The van der Waals surface area contributed by atoms with Crippen LogP contribution < -0.4 is 4.70 Å². The Morgan fingerprint density at radius 3 is 0.895 bits per heavy atom. The van der Waals surface area contributed by atoms with Gasteiger partial charge in [-0.3, -0.25) is 0 Å². The maximum Gasteiger partial charge on any atom is 0.0786 e. The first kappa shape index (κ1) is 24.0. The number of quaternary nitrogens is 1. The van der Waals surface area contributed by atoms with Gasteiger partial charge in [0, 0.05) is 8.41 Å². The second kappa shape index (κ2) is 16.0. The zero-order valence-electron chi connectivity index (χ0n) is 13.9. The largest absolute Gasteiger partial charge is 1.00 e. The molecule has 0 rings (SSSR count). The first-order valence-corrected chi connectivity index (χ1v) is 8.09. The molecule has 0 atom stereocenters. The fourth-order valence-electron chi connectivity index (χ4n) is 2.64. The molecule has 0 bridgehead atoms. The first-order valence-electron chi connectivity index (χ1n) is 8.09. The second-order valence-corrected chi connectivity index (χ2v) is 5.65. The molecule has 0 aromatic heterocycles. The van der Waals surface area contributed by atoms with Gasteiger partial charge >= 0.3 is 0 Å². The summed E-state index contributed by atoms with van der Waals surface area (Å²) in [5, 5.41) is 0. The first-order chi connectivity index (χ1) is 8.24. The van der Waals surface area contributed by atoms with E-state index >= 15 is 0 Å². The number of halogens is 1. The van der Waals surface area contributed by atoms with Gasteiger partial charge in [0.2, 0.25) is 0 Å². The number of hydrogen-bond donors (Lipinski definition) is 0. The van der Waals surface area contributed by atoms with Gasteiger partial charge in [0.05, 0.1) is 26.2 Å². The van der Waals surface area contributed by atoms with E-state index in [1.54, 1.807) is 0 Å². The topological polar surface area (TPSA) is 0 Å². The summed E-state index contributed by atoms with van der Waals surface area (Å²) in [6.07, 6.45) is 11.1. The summed E-state index contributed by atoms with van der Waals surface area (Å²) in [6, 6.07) is 0. The van der Waals surface area contributed by atoms with E-state index in [9.17, 15) is 0 Å². The highest BCUT2D eigenvalue weighted by Crippen LogP contribution is 2.16. The minimum Gasteiger partial charge on any atom is -1.00 e. The molecule has 0 aromatic carbocycles. The average Bonchev–Trinajstić information content (AvgIpc) is 2.37. The van der Waals surface area contributed by atoms with Gasteiger partial charge in [-0.2, -0.15) is 0 Å².